The number of carbonyl (C=O) groups is 4. The van der Waals surface area contributed by atoms with Gasteiger partial charge in [-0.2, -0.15) is 0 Å². The average Bonchev–Trinajstić information content (AvgIpc) is 2.86. The van der Waals surface area contributed by atoms with Gasteiger partial charge in [0.05, 0.1) is 6.61 Å². The Bertz CT molecular complexity index is 962. The molecule has 0 fully saturated rings. The lowest BCUT2D eigenvalue weighted by Gasteiger charge is -2.19. The zero-order valence-corrected chi connectivity index (χ0v) is 20.7. The highest BCUT2D eigenvalue weighted by molar-refractivity contribution is 5.97. The van der Waals surface area contributed by atoms with Crippen molar-refractivity contribution in [3.63, 3.8) is 0 Å². The minimum atomic E-state index is -1.45. The molecule has 1 N–H and O–H groups in total. The van der Waals surface area contributed by atoms with Crippen LogP contribution in [0.1, 0.15) is 75.1 Å². The fourth-order valence-corrected chi connectivity index (χ4v) is 3.19. The Balaban J connectivity index is 3.21. The third-order valence-electron chi connectivity index (χ3n) is 5.00. The first kappa shape index (κ1) is 30.2. The molecule has 0 unspecified atom stereocenters. The second-order valence-electron chi connectivity index (χ2n) is 7.77. The number of unbranched alkanes of at least 4 members (excludes halogenated alkanes) is 8. The maximum absolute atomic E-state index is 12.0. The molecule has 0 saturated heterocycles. The maximum Gasteiger partial charge on any atom is 0.339 e. The molecule has 0 aliphatic carbocycles. The third-order valence-corrected chi connectivity index (χ3v) is 5.00. The number of carboxylic acid groups (broad SMARTS) is 1. The number of aromatic carboxylic acids is 1. The third kappa shape index (κ3) is 10.2. The predicted octanol–water partition coefficient (Wildman–Crippen LogP) is 5.57. The van der Waals surface area contributed by atoms with Crippen molar-refractivity contribution in [1.29, 1.82) is 0 Å². The summed E-state index contributed by atoms with van der Waals surface area (Å²) >= 11 is 0. The molecular formula is C27H34O9. The average molecular weight is 503 g/mol. The van der Waals surface area contributed by atoms with Crippen LogP contribution in [0.25, 0.3) is 0 Å². The summed E-state index contributed by atoms with van der Waals surface area (Å²) < 4.78 is 21.1. The molecule has 0 spiro atoms. The Kier molecular flexibility index (Phi) is 14.0. The van der Waals surface area contributed by atoms with E-state index in [0.29, 0.717) is 6.42 Å². The molecule has 0 heterocycles. The van der Waals surface area contributed by atoms with Gasteiger partial charge in [0, 0.05) is 24.3 Å². The number of hydrogen-bond donors (Lipinski definition) is 1. The van der Waals surface area contributed by atoms with E-state index >= 15 is 0 Å². The zero-order valence-electron chi connectivity index (χ0n) is 20.7. The van der Waals surface area contributed by atoms with Gasteiger partial charge >= 0.3 is 23.9 Å². The minimum absolute atomic E-state index is 0.107. The van der Waals surface area contributed by atoms with Gasteiger partial charge in [0.25, 0.3) is 0 Å². The first-order chi connectivity index (χ1) is 17.3. The van der Waals surface area contributed by atoms with Gasteiger partial charge in [-0.15, -0.1) is 0 Å². The van der Waals surface area contributed by atoms with E-state index in [-0.39, 0.29) is 12.4 Å². The smallest absolute Gasteiger partial charge is 0.339 e. The second-order valence-corrected chi connectivity index (χ2v) is 7.77. The first-order valence-corrected chi connectivity index (χ1v) is 11.9. The summed E-state index contributed by atoms with van der Waals surface area (Å²) in [4.78, 5) is 47.8. The summed E-state index contributed by atoms with van der Waals surface area (Å²) in [5.74, 6) is -6.30. The molecule has 1 aromatic rings. The fraction of sp³-hybridized carbons (Fsp3) is 0.407. The maximum atomic E-state index is 12.0. The van der Waals surface area contributed by atoms with Gasteiger partial charge in [-0.3, -0.25) is 0 Å². The Morgan fingerprint density at radius 2 is 1.19 bits per heavy atom. The first-order valence-electron chi connectivity index (χ1n) is 11.9. The van der Waals surface area contributed by atoms with E-state index < -0.39 is 46.7 Å². The SMILES string of the molecule is C=CC(=O)Oc1cc(C(=O)O)c(OCCCCCCCCCCC)c(OC(=O)C=C)c1OC(=O)C=C. The predicted molar refractivity (Wildman–Crippen MR) is 134 cm³/mol. The highest BCUT2D eigenvalue weighted by atomic mass is 16.6. The quantitative estimate of drug-likeness (QED) is 0.119. The summed E-state index contributed by atoms with van der Waals surface area (Å²) in [6.45, 7) is 12.2. The number of hydrogen-bond acceptors (Lipinski definition) is 8. The lowest BCUT2D eigenvalue weighted by atomic mass is 10.1. The highest BCUT2D eigenvalue weighted by Crippen LogP contribution is 2.47. The van der Waals surface area contributed by atoms with Crippen LogP contribution in [0.15, 0.2) is 44.0 Å². The highest BCUT2D eigenvalue weighted by Gasteiger charge is 2.30. The van der Waals surface area contributed by atoms with Crippen LogP contribution in [0, 0.1) is 0 Å². The Labute approximate surface area is 211 Å². The number of benzene rings is 1. The van der Waals surface area contributed by atoms with Crippen LogP contribution in [0.2, 0.25) is 0 Å². The van der Waals surface area contributed by atoms with E-state index in [1.807, 2.05) is 0 Å². The van der Waals surface area contributed by atoms with Gasteiger partial charge in [0.15, 0.2) is 11.5 Å². The summed E-state index contributed by atoms with van der Waals surface area (Å²) in [6, 6.07) is 0.937. The lowest BCUT2D eigenvalue weighted by molar-refractivity contribution is -0.132. The molecule has 0 amide bonds. The van der Waals surface area contributed by atoms with Crippen LogP contribution in [0.5, 0.6) is 23.0 Å². The minimum Gasteiger partial charge on any atom is -0.489 e. The van der Waals surface area contributed by atoms with Crippen LogP contribution in [0.4, 0.5) is 0 Å². The van der Waals surface area contributed by atoms with E-state index in [2.05, 4.69) is 26.7 Å². The van der Waals surface area contributed by atoms with Gasteiger partial charge < -0.3 is 24.1 Å². The van der Waals surface area contributed by atoms with E-state index in [4.69, 9.17) is 18.9 Å². The molecule has 9 heteroatoms. The van der Waals surface area contributed by atoms with Gasteiger partial charge in [-0.05, 0) is 6.42 Å². The van der Waals surface area contributed by atoms with Crippen molar-refractivity contribution in [2.24, 2.45) is 0 Å². The molecule has 0 aliphatic rings. The summed E-state index contributed by atoms with van der Waals surface area (Å²) in [6.07, 6.45) is 12.1. The molecule has 0 aromatic heterocycles. The largest absolute Gasteiger partial charge is 0.489 e. The van der Waals surface area contributed by atoms with Gasteiger partial charge in [-0.25, -0.2) is 19.2 Å². The molecule has 0 radical (unpaired) electrons. The van der Waals surface area contributed by atoms with E-state index in [1.54, 1.807) is 0 Å². The van der Waals surface area contributed by atoms with E-state index in [0.717, 1.165) is 50.0 Å². The van der Waals surface area contributed by atoms with Crippen molar-refractivity contribution in [3.05, 3.63) is 49.6 Å². The lowest BCUT2D eigenvalue weighted by Crippen LogP contribution is -2.15. The monoisotopic (exact) mass is 502 g/mol. The van der Waals surface area contributed by atoms with Crippen molar-refractivity contribution >= 4 is 23.9 Å². The topological polar surface area (TPSA) is 125 Å². The fourth-order valence-electron chi connectivity index (χ4n) is 3.19. The summed E-state index contributed by atoms with van der Waals surface area (Å²) in [5.41, 5.74) is -0.469. The molecular weight excluding hydrogens is 468 g/mol. The van der Waals surface area contributed by atoms with E-state index in [1.165, 1.54) is 25.7 Å². The number of carbonyl (C=O) groups excluding carboxylic acids is 3. The van der Waals surface area contributed by atoms with Crippen LogP contribution >= 0.6 is 0 Å². The Morgan fingerprint density at radius 1 is 0.722 bits per heavy atom. The van der Waals surface area contributed by atoms with Crippen LogP contribution < -0.4 is 18.9 Å². The van der Waals surface area contributed by atoms with Crippen LogP contribution in [-0.4, -0.2) is 35.6 Å². The molecule has 36 heavy (non-hydrogen) atoms. The van der Waals surface area contributed by atoms with Crippen LogP contribution in [0.3, 0.4) is 0 Å². The van der Waals surface area contributed by atoms with Crippen molar-refractivity contribution in [3.8, 4) is 23.0 Å². The Hall–Kier alpha value is -3.88. The normalized spacial score (nSPS) is 10.1. The van der Waals surface area contributed by atoms with Gasteiger partial charge in [0.2, 0.25) is 11.5 Å². The second kappa shape index (κ2) is 16.7. The zero-order chi connectivity index (χ0) is 26.9. The number of carboxylic acids is 1. The standard InChI is InChI=1S/C27H34O9/c1-5-9-10-11-12-13-14-15-16-17-33-24-19(27(31)32)18-20(34-21(28)6-2)25(35-22(29)7-3)26(24)36-23(30)8-4/h6-8,18H,2-5,9-17H2,1H3,(H,31,32). The Morgan fingerprint density at radius 3 is 1.69 bits per heavy atom. The van der Waals surface area contributed by atoms with Gasteiger partial charge in [0.1, 0.15) is 5.56 Å². The number of esters is 3. The number of ether oxygens (including phenoxy) is 4. The summed E-state index contributed by atoms with van der Waals surface area (Å²) in [5, 5.41) is 9.75. The molecule has 1 rings (SSSR count). The molecule has 9 nitrogen and oxygen atoms in total. The van der Waals surface area contributed by atoms with Gasteiger partial charge in [-0.1, -0.05) is 78.0 Å². The van der Waals surface area contributed by atoms with Crippen molar-refractivity contribution < 1.29 is 43.2 Å². The number of rotatable bonds is 18. The van der Waals surface area contributed by atoms with Crippen LogP contribution in [-0.2, 0) is 14.4 Å². The molecule has 0 atom stereocenters. The van der Waals surface area contributed by atoms with Crippen molar-refractivity contribution in [2.45, 2.75) is 64.7 Å². The van der Waals surface area contributed by atoms with Crippen molar-refractivity contribution in [2.75, 3.05) is 6.61 Å². The molecule has 196 valence electrons. The summed E-state index contributed by atoms with van der Waals surface area (Å²) in [7, 11) is 0. The molecule has 0 aliphatic heterocycles. The van der Waals surface area contributed by atoms with Crippen molar-refractivity contribution in [1.82, 2.24) is 0 Å². The molecule has 0 bridgehead atoms. The van der Waals surface area contributed by atoms with E-state index in [9.17, 15) is 24.3 Å². The molecule has 0 saturated carbocycles. The molecule has 1 aromatic carbocycles.